The summed E-state index contributed by atoms with van der Waals surface area (Å²) in [4.78, 5) is 54.0. The average molecular weight is 971 g/mol. The predicted octanol–water partition coefficient (Wildman–Crippen LogP) is 6.52. The number of amides is 4. The van der Waals surface area contributed by atoms with E-state index in [4.69, 9.17) is 11.5 Å². The highest BCUT2D eigenvalue weighted by molar-refractivity contribution is 5.98. The monoisotopic (exact) mass is 971 g/mol. The molecular formula is C57H74N6O8. The summed E-state index contributed by atoms with van der Waals surface area (Å²) < 4.78 is 0. The van der Waals surface area contributed by atoms with Crippen molar-refractivity contribution in [2.75, 3.05) is 36.8 Å². The Morgan fingerprint density at radius 3 is 1.37 bits per heavy atom. The molecule has 10 N–H and O–H groups in total. The van der Waals surface area contributed by atoms with Gasteiger partial charge in [0.05, 0.1) is 24.4 Å². The number of nitrogens with two attached hydrogens (primary N) is 2. The van der Waals surface area contributed by atoms with Gasteiger partial charge >= 0.3 is 0 Å². The highest BCUT2D eigenvalue weighted by atomic mass is 16.3. The summed E-state index contributed by atoms with van der Waals surface area (Å²) in [7, 11) is 0. The summed E-state index contributed by atoms with van der Waals surface area (Å²) in [6.07, 6.45) is 8.05. The number of aliphatic hydroxyl groups is 4. The number of nitrogens with one attached hydrogen (secondary N) is 2. The van der Waals surface area contributed by atoms with Gasteiger partial charge in [0.15, 0.2) is 0 Å². The minimum Gasteiger partial charge on any atom is -0.390 e. The van der Waals surface area contributed by atoms with Crippen LogP contribution in [0.4, 0.5) is 11.4 Å². The first-order chi connectivity index (χ1) is 34.3. The van der Waals surface area contributed by atoms with Crippen molar-refractivity contribution in [2.45, 2.75) is 127 Å². The van der Waals surface area contributed by atoms with Crippen LogP contribution in [-0.2, 0) is 22.7 Å². The maximum Gasteiger partial charge on any atom is 0.253 e. The van der Waals surface area contributed by atoms with Gasteiger partial charge in [-0.3, -0.25) is 19.2 Å². The fourth-order valence-electron chi connectivity index (χ4n) is 12.2. The van der Waals surface area contributed by atoms with E-state index in [9.17, 15) is 39.6 Å². The minimum absolute atomic E-state index is 0.0198. The molecule has 0 spiro atoms. The Kier molecular flexibility index (Phi) is 17.4. The number of carbonyl (C=O) groups is 4. The highest BCUT2D eigenvalue weighted by Crippen LogP contribution is 2.46. The molecule has 380 valence electrons. The molecule has 0 aromatic heterocycles. The number of anilines is 2. The number of benzene rings is 4. The molecule has 2 heterocycles. The van der Waals surface area contributed by atoms with E-state index in [0.717, 1.165) is 88.4 Å². The Balaban J connectivity index is 0.000000163. The maximum absolute atomic E-state index is 13.2. The molecule has 4 amide bonds. The van der Waals surface area contributed by atoms with E-state index in [1.54, 1.807) is 48.5 Å². The lowest BCUT2D eigenvalue weighted by Crippen LogP contribution is -2.54. The molecule has 0 radical (unpaired) electrons. The lowest BCUT2D eigenvalue weighted by Gasteiger charge is -2.47. The fraction of sp³-hybridized carbons (Fsp3) is 0.509. The third-order valence-corrected chi connectivity index (χ3v) is 16.4. The molecule has 2 saturated heterocycles. The Bertz CT molecular complexity index is 2440. The Hall–Kier alpha value is -5.48. The van der Waals surface area contributed by atoms with Crippen molar-refractivity contribution in [1.29, 1.82) is 0 Å². The standard InChI is InChI=1S/C28H35N3O4.C21H25N3O2.C8H14O2/c29-16-17-3-1-4-19(13-17)18-9-11-31(12-10-18)28(35)21-5-2-6-22(14-21)30-27(34)24-15-20-7-8-23(24)26(33)25(20)32;1-15(25)23-20-7-3-6-19(13-20)21(26)24-10-8-17(9-11-24)18-5-2-4-16(12-18)14-22;9-7-5-1-2-6(4-3-5)8(7)10/h1-6,13-14,18,20,23-26,32-33H,7-12,15-16,29H2,(H,30,34);2-7,12-13,17H,8-11,14,22H2,1H3,(H,23,25);5-10H,1-4H2. The van der Waals surface area contributed by atoms with E-state index >= 15 is 0 Å². The molecule has 14 heteroatoms. The molecule has 8 fully saturated rings. The number of hydrogen-bond acceptors (Lipinski definition) is 10. The molecule has 8 aliphatic rings. The van der Waals surface area contributed by atoms with Gasteiger partial charge in [0.25, 0.3) is 11.8 Å². The van der Waals surface area contributed by atoms with Crippen molar-refractivity contribution in [1.82, 2.24) is 9.80 Å². The second kappa shape index (κ2) is 23.8. The Labute approximate surface area is 418 Å². The molecule has 4 aromatic rings. The molecule has 7 atom stereocenters. The van der Waals surface area contributed by atoms with Crippen LogP contribution in [-0.4, -0.2) is 104 Å². The third-order valence-electron chi connectivity index (χ3n) is 16.4. The van der Waals surface area contributed by atoms with Crippen LogP contribution >= 0.6 is 0 Å². The second-order valence-electron chi connectivity index (χ2n) is 20.8. The van der Waals surface area contributed by atoms with Crippen molar-refractivity contribution in [3.05, 3.63) is 130 Å². The number of carbonyl (C=O) groups excluding carboxylic acids is 4. The topological polar surface area (TPSA) is 232 Å². The second-order valence-corrected chi connectivity index (χ2v) is 20.8. The van der Waals surface area contributed by atoms with Gasteiger partial charge in [-0.25, -0.2) is 0 Å². The van der Waals surface area contributed by atoms with Crippen LogP contribution in [0.25, 0.3) is 0 Å². The quantitative estimate of drug-likeness (QED) is 0.0905. The van der Waals surface area contributed by atoms with E-state index in [-0.39, 0.29) is 41.4 Å². The molecule has 6 saturated carbocycles. The summed E-state index contributed by atoms with van der Waals surface area (Å²) in [5.41, 5.74) is 18.8. The number of piperidine rings is 2. The molecule has 4 aromatic carbocycles. The van der Waals surface area contributed by atoms with Crippen molar-refractivity contribution in [3.8, 4) is 0 Å². The summed E-state index contributed by atoms with van der Waals surface area (Å²) in [5.74, 6) is 0.851. The highest BCUT2D eigenvalue weighted by Gasteiger charge is 2.50. The molecule has 7 unspecified atom stereocenters. The van der Waals surface area contributed by atoms with Gasteiger partial charge in [-0.15, -0.1) is 0 Å². The molecule has 12 rings (SSSR count). The van der Waals surface area contributed by atoms with Gasteiger partial charge in [-0.05, 0) is 165 Å². The van der Waals surface area contributed by atoms with Gasteiger partial charge in [0.1, 0.15) is 0 Å². The fourth-order valence-corrected chi connectivity index (χ4v) is 12.2. The number of rotatable bonds is 9. The number of fused-ring (bicyclic) bond motifs is 6. The normalized spacial score (nSPS) is 27.1. The smallest absolute Gasteiger partial charge is 0.253 e. The third kappa shape index (κ3) is 12.6. The number of hydrogen-bond donors (Lipinski definition) is 8. The van der Waals surface area contributed by atoms with Crippen molar-refractivity contribution >= 4 is 35.0 Å². The Morgan fingerprint density at radius 2 is 0.944 bits per heavy atom. The van der Waals surface area contributed by atoms with Crippen LogP contribution in [0.1, 0.15) is 132 Å². The number of likely N-dealkylation sites (tertiary alicyclic amines) is 2. The summed E-state index contributed by atoms with van der Waals surface area (Å²) in [6, 6.07) is 31.1. The first-order valence-electron chi connectivity index (χ1n) is 26.0. The van der Waals surface area contributed by atoms with Gasteiger partial charge in [-0.1, -0.05) is 60.7 Å². The zero-order chi connectivity index (χ0) is 50.2. The van der Waals surface area contributed by atoms with E-state index < -0.39 is 24.4 Å². The van der Waals surface area contributed by atoms with E-state index in [0.29, 0.717) is 78.8 Å². The SMILES string of the molecule is CC(=O)Nc1cccc(C(=O)N2CCC(c3cccc(CN)c3)CC2)c1.NCc1cccc(C2CCN(C(=O)c3cccc(NC(=O)C4CC5CCC4C(O)C5O)c3)CC2)c1.OC1C2CCC(CC2)C1O. The molecule has 6 aliphatic carbocycles. The first-order valence-corrected chi connectivity index (χ1v) is 26.0. The molecule has 2 aliphatic heterocycles. The minimum atomic E-state index is -0.841. The molecular weight excluding hydrogens is 897 g/mol. The largest absolute Gasteiger partial charge is 0.390 e. The van der Waals surface area contributed by atoms with Crippen molar-refractivity contribution in [3.63, 3.8) is 0 Å². The number of nitrogens with zero attached hydrogens (tertiary/aromatic N) is 2. The maximum atomic E-state index is 13.2. The van der Waals surface area contributed by atoms with Gasteiger partial charge in [0, 0.05) is 74.6 Å². The van der Waals surface area contributed by atoms with Crippen LogP contribution in [0.15, 0.2) is 97.1 Å². The average Bonchev–Trinajstić information content (AvgIpc) is 3.41. The van der Waals surface area contributed by atoms with E-state index in [1.165, 1.54) is 18.1 Å². The van der Waals surface area contributed by atoms with E-state index in [1.807, 2.05) is 21.9 Å². The lowest BCUT2D eigenvalue weighted by molar-refractivity contribution is -0.150. The Morgan fingerprint density at radius 1 is 0.521 bits per heavy atom. The van der Waals surface area contributed by atoms with Crippen LogP contribution in [0.5, 0.6) is 0 Å². The van der Waals surface area contributed by atoms with Crippen molar-refractivity contribution < 1.29 is 39.6 Å². The van der Waals surface area contributed by atoms with Crippen LogP contribution < -0.4 is 22.1 Å². The van der Waals surface area contributed by atoms with Crippen LogP contribution in [0.3, 0.4) is 0 Å². The van der Waals surface area contributed by atoms with Gasteiger partial charge in [0.2, 0.25) is 11.8 Å². The first kappa shape index (κ1) is 51.9. The van der Waals surface area contributed by atoms with Crippen molar-refractivity contribution in [2.24, 2.45) is 41.1 Å². The summed E-state index contributed by atoms with van der Waals surface area (Å²) in [5, 5.41) is 45.0. The van der Waals surface area contributed by atoms with Gasteiger partial charge in [-0.2, -0.15) is 0 Å². The number of aliphatic hydroxyl groups excluding tert-OH is 4. The van der Waals surface area contributed by atoms with Crippen LogP contribution in [0, 0.1) is 29.6 Å². The molecule has 71 heavy (non-hydrogen) atoms. The predicted molar refractivity (Wildman–Crippen MR) is 274 cm³/mol. The molecule has 14 nitrogen and oxygen atoms in total. The van der Waals surface area contributed by atoms with Gasteiger partial charge < -0.3 is 52.3 Å². The zero-order valence-corrected chi connectivity index (χ0v) is 41.1. The molecule has 4 bridgehead atoms. The summed E-state index contributed by atoms with van der Waals surface area (Å²) >= 11 is 0. The summed E-state index contributed by atoms with van der Waals surface area (Å²) in [6.45, 7) is 5.40. The van der Waals surface area contributed by atoms with E-state index in [2.05, 4.69) is 47.0 Å². The van der Waals surface area contributed by atoms with Crippen LogP contribution in [0.2, 0.25) is 0 Å². The lowest BCUT2D eigenvalue weighted by atomic mass is 9.61. The zero-order valence-electron chi connectivity index (χ0n) is 41.1.